The molecule has 0 fully saturated rings. The first kappa shape index (κ1) is 32.9. The number of halogens is 2. The maximum Gasteiger partial charge on any atom is 0.0923 e. The van der Waals surface area contributed by atoms with Crippen molar-refractivity contribution in [2.75, 3.05) is 19.6 Å². The normalized spacial score (nSPS) is 12.3. The number of hydrogen-bond acceptors (Lipinski definition) is 2. The van der Waals surface area contributed by atoms with Gasteiger partial charge in [-0.25, -0.2) is 0 Å². The Bertz CT molecular complexity index is 1040. The Hall–Kier alpha value is -1.32. The summed E-state index contributed by atoms with van der Waals surface area (Å²) in [6.45, 7) is 7.42. The van der Waals surface area contributed by atoms with E-state index >= 15 is 0 Å². The van der Waals surface area contributed by atoms with E-state index in [9.17, 15) is 5.11 Å². The van der Waals surface area contributed by atoms with Gasteiger partial charge in [0.1, 0.15) is 0 Å². The summed E-state index contributed by atoms with van der Waals surface area (Å²) in [4.78, 5) is 2.53. The van der Waals surface area contributed by atoms with Crippen LogP contribution in [0.5, 0.6) is 0 Å². The van der Waals surface area contributed by atoms with E-state index in [1.165, 1.54) is 95.3 Å². The van der Waals surface area contributed by atoms with Crippen LogP contribution in [0.4, 0.5) is 0 Å². The second-order valence-corrected chi connectivity index (χ2v) is 11.4. The first-order valence-corrected chi connectivity index (χ1v) is 15.5. The first-order chi connectivity index (χ1) is 18.1. The highest BCUT2D eigenvalue weighted by molar-refractivity contribution is 6.32. The largest absolute Gasteiger partial charge is 0.387 e. The maximum atomic E-state index is 11.5. The van der Waals surface area contributed by atoms with Crippen molar-refractivity contribution in [2.45, 2.75) is 110 Å². The van der Waals surface area contributed by atoms with Crippen LogP contribution in [0.25, 0.3) is 21.5 Å². The summed E-state index contributed by atoms with van der Waals surface area (Å²) in [6, 6.07) is 16.7. The number of hydrogen-bond donors (Lipinski definition) is 1. The molecular formula is C34H51Cl2NO. The number of rotatable bonds is 19. The van der Waals surface area contributed by atoms with Gasteiger partial charge in [0.15, 0.2) is 0 Å². The monoisotopic (exact) mass is 559 g/mol. The van der Waals surface area contributed by atoms with E-state index in [0.717, 1.165) is 39.8 Å². The standard InChI is InChI=1S/C34H50ClNO.ClH/c1-3-5-7-9-11-13-17-23-36(24-18-14-12-10-8-6-4-2)27-34(37)33-25-28-19-15-16-20-30(28)32-26-29(35)21-22-31(32)33;/h15-16,19-22,25-26,34,37H,3-14,17-18,23-24,27H2,1-2H3;1H. The molecule has 0 amide bonds. The van der Waals surface area contributed by atoms with Gasteiger partial charge in [-0.2, -0.15) is 0 Å². The minimum Gasteiger partial charge on any atom is -0.387 e. The van der Waals surface area contributed by atoms with Gasteiger partial charge in [0.25, 0.3) is 0 Å². The molecule has 1 atom stereocenters. The predicted molar refractivity (Wildman–Crippen MR) is 171 cm³/mol. The summed E-state index contributed by atoms with van der Waals surface area (Å²) in [7, 11) is 0. The average molecular weight is 561 g/mol. The molecule has 0 aliphatic heterocycles. The van der Waals surface area contributed by atoms with Crippen LogP contribution in [0.3, 0.4) is 0 Å². The van der Waals surface area contributed by atoms with E-state index in [4.69, 9.17) is 11.6 Å². The SMILES string of the molecule is CCCCCCCCCN(CCCCCCCCC)CC(O)c1cc2ccccc2c2cc(Cl)ccc12.Cl. The Morgan fingerprint density at radius 2 is 1.21 bits per heavy atom. The van der Waals surface area contributed by atoms with Crippen molar-refractivity contribution in [3.63, 3.8) is 0 Å². The fraction of sp³-hybridized carbons (Fsp3) is 0.588. The van der Waals surface area contributed by atoms with Crippen molar-refractivity contribution < 1.29 is 5.11 Å². The predicted octanol–water partition coefficient (Wildman–Crippen LogP) is 10.9. The summed E-state index contributed by atoms with van der Waals surface area (Å²) in [5.41, 5.74) is 1.02. The lowest BCUT2D eigenvalue weighted by molar-refractivity contribution is 0.111. The minimum atomic E-state index is -0.512. The van der Waals surface area contributed by atoms with Crippen molar-refractivity contribution in [1.29, 1.82) is 0 Å². The van der Waals surface area contributed by atoms with Gasteiger partial charge < -0.3 is 10.0 Å². The van der Waals surface area contributed by atoms with Crippen molar-refractivity contribution in [1.82, 2.24) is 4.90 Å². The molecule has 0 aromatic heterocycles. The topological polar surface area (TPSA) is 23.5 Å². The fourth-order valence-corrected chi connectivity index (χ4v) is 5.77. The molecule has 0 radical (unpaired) electrons. The van der Waals surface area contributed by atoms with E-state index in [1.54, 1.807) is 0 Å². The molecule has 0 heterocycles. The Labute approximate surface area is 243 Å². The molecule has 1 N–H and O–H groups in total. The van der Waals surface area contributed by atoms with Crippen LogP contribution in [-0.4, -0.2) is 29.6 Å². The van der Waals surface area contributed by atoms with Gasteiger partial charge in [0.2, 0.25) is 0 Å². The molecule has 3 rings (SSSR count). The summed E-state index contributed by atoms with van der Waals surface area (Å²) >= 11 is 6.39. The van der Waals surface area contributed by atoms with E-state index in [2.05, 4.69) is 55.1 Å². The Morgan fingerprint density at radius 1 is 0.658 bits per heavy atom. The van der Waals surface area contributed by atoms with E-state index in [0.29, 0.717) is 6.54 Å². The van der Waals surface area contributed by atoms with Crippen LogP contribution < -0.4 is 0 Å². The van der Waals surface area contributed by atoms with Crippen LogP contribution >= 0.6 is 24.0 Å². The molecule has 212 valence electrons. The molecule has 3 aromatic rings. The molecule has 0 aliphatic carbocycles. The number of aliphatic hydroxyl groups is 1. The summed E-state index contributed by atoms with van der Waals surface area (Å²) in [5, 5.41) is 16.9. The first-order valence-electron chi connectivity index (χ1n) is 15.1. The quantitative estimate of drug-likeness (QED) is 0.116. The number of nitrogens with zero attached hydrogens (tertiary/aromatic N) is 1. The van der Waals surface area contributed by atoms with Crippen LogP contribution in [0.15, 0.2) is 48.5 Å². The zero-order valence-electron chi connectivity index (χ0n) is 23.9. The van der Waals surface area contributed by atoms with Gasteiger partial charge in [0.05, 0.1) is 6.10 Å². The van der Waals surface area contributed by atoms with Gasteiger partial charge in [-0.3, -0.25) is 0 Å². The van der Waals surface area contributed by atoms with Gasteiger partial charge in [-0.05, 0) is 71.2 Å². The average Bonchev–Trinajstić information content (AvgIpc) is 2.91. The van der Waals surface area contributed by atoms with E-state index in [1.807, 2.05) is 12.1 Å². The maximum absolute atomic E-state index is 11.5. The molecule has 4 heteroatoms. The molecule has 0 saturated carbocycles. The summed E-state index contributed by atoms with van der Waals surface area (Å²) < 4.78 is 0. The molecule has 0 saturated heterocycles. The van der Waals surface area contributed by atoms with Gasteiger partial charge in [-0.15, -0.1) is 12.4 Å². The third kappa shape index (κ3) is 10.7. The lowest BCUT2D eigenvalue weighted by Gasteiger charge is -2.26. The number of benzene rings is 3. The van der Waals surface area contributed by atoms with Crippen LogP contribution in [-0.2, 0) is 0 Å². The van der Waals surface area contributed by atoms with Crippen LogP contribution in [0.2, 0.25) is 5.02 Å². The lowest BCUT2D eigenvalue weighted by atomic mass is 9.94. The molecule has 38 heavy (non-hydrogen) atoms. The summed E-state index contributed by atoms with van der Waals surface area (Å²) in [6.07, 6.45) is 18.0. The smallest absolute Gasteiger partial charge is 0.0923 e. The van der Waals surface area contributed by atoms with Gasteiger partial charge in [0, 0.05) is 11.6 Å². The van der Waals surface area contributed by atoms with Crippen molar-refractivity contribution in [3.8, 4) is 0 Å². The second kappa shape index (κ2) is 18.9. The van der Waals surface area contributed by atoms with E-state index < -0.39 is 6.10 Å². The van der Waals surface area contributed by atoms with Crippen LogP contribution in [0, 0.1) is 0 Å². The minimum absolute atomic E-state index is 0. The Morgan fingerprint density at radius 3 is 1.82 bits per heavy atom. The molecule has 2 nitrogen and oxygen atoms in total. The van der Waals surface area contributed by atoms with E-state index in [-0.39, 0.29) is 12.4 Å². The number of aliphatic hydroxyl groups excluding tert-OH is 1. The third-order valence-corrected chi connectivity index (χ3v) is 8.04. The molecule has 0 bridgehead atoms. The Balaban J connectivity index is 0.00000507. The number of fused-ring (bicyclic) bond motifs is 3. The molecule has 3 aromatic carbocycles. The third-order valence-electron chi connectivity index (χ3n) is 7.80. The number of unbranched alkanes of at least 4 members (excludes halogenated alkanes) is 12. The zero-order valence-corrected chi connectivity index (χ0v) is 25.5. The molecule has 1 unspecified atom stereocenters. The highest BCUT2D eigenvalue weighted by Gasteiger charge is 2.18. The zero-order chi connectivity index (χ0) is 26.3. The summed E-state index contributed by atoms with van der Waals surface area (Å²) in [5.74, 6) is 0. The van der Waals surface area contributed by atoms with Crippen molar-refractivity contribution in [2.24, 2.45) is 0 Å². The molecule has 0 spiro atoms. The second-order valence-electron chi connectivity index (χ2n) is 10.9. The van der Waals surface area contributed by atoms with Gasteiger partial charge in [-0.1, -0.05) is 133 Å². The van der Waals surface area contributed by atoms with Gasteiger partial charge >= 0.3 is 0 Å². The van der Waals surface area contributed by atoms with Crippen molar-refractivity contribution >= 4 is 45.6 Å². The molecule has 0 aliphatic rings. The highest BCUT2D eigenvalue weighted by atomic mass is 35.5. The lowest BCUT2D eigenvalue weighted by Crippen LogP contribution is -2.31. The Kier molecular flexibility index (Phi) is 16.3. The van der Waals surface area contributed by atoms with Crippen LogP contribution in [0.1, 0.15) is 115 Å². The fourth-order valence-electron chi connectivity index (χ4n) is 5.60. The van der Waals surface area contributed by atoms with Crippen molar-refractivity contribution in [3.05, 3.63) is 59.1 Å². The highest BCUT2D eigenvalue weighted by Crippen LogP contribution is 2.34. The molecular weight excluding hydrogens is 509 g/mol.